The van der Waals surface area contributed by atoms with Crippen molar-refractivity contribution in [2.45, 2.75) is 18.6 Å². The minimum absolute atomic E-state index is 0.0600. The maximum Gasteiger partial charge on any atom is 0.321 e. The summed E-state index contributed by atoms with van der Waals surface area (Å²) in [6, 6.07) is -1.27. The maximum atomic E-state index is 12.3. The van der Waals surface area contributed by atoms with Gasteiger partial charge in [-0.05, 0) is 6.42 Å². The monoisotopic (exact) mass is 279 g/mol. The highest BCUT2D eigenvalue weighted by molar-refractivity contribution is 6.55. The summed E-state index contributed by atoms with van der Waals surface area (Å²) in [5.74, 6) is -5.22. The molecule has 1 aliphatic heterocycles. The number of aliphatic carboxylic acids is 1. The van der Waals surface area contributed by atoms with Gasteiger partial charge in [0.15, 0.2) is 5.78 Å². The van der Waals surface area contributed by atoms with Crippen molar-refractivity contribution in [1.82, 2.24) is 5.32 Å². The number of carbonyl (C=O) groups excluding carboxylic acids is 3. The number of carbonyl (C=O) groups is 4. The van der Waals surface area contributed by atoms with Crippen molar-refractivity contribution in [1.29, 1.82) is 0 Å². The molecule has 1 saturated heterocycles. The molecule has 20 heavy (non-hydrogen) atoms. The van der Waals surface area contributed by atoms with Crippen molar-refractivity contribution in [2.24, 2.45) is 5.92 Å². The Bertz CT molecular complexity index is 561. The van der Waals surface area contributed by atoms with Gasteiger partial charge in [0.2, 0.25) is 11.6 Å². The van der Waals surface area contributed by atoms with Crippen molar-refractivity contribution >= 4 is 23.3 Å². The number of aliphatic hydroxyl groups excluding tert-OH is 1. The lowest BCUT2D eigenvalue weighted by Gasteiger charge is -2.20. The molecule has 0 aromatic heterocycles. The van der Waals surface area contributed by atoms with Crippen LogP contribution in [0.15, 0.2) is 23.8 Å². The molecule has 3 atom stereocenters. The first-order valence-corrected chi connectivity index (χ1v) is 6.00. The molecule has 0 saturated carbocycles. The lowest BCUT2D eigenvalue weighted by Crippen LogP contribution is -2.43. The molecule has 2 rings (SSSR count). The fraction of sp³-hybridized carbons (Fsp3) is 0.385. The van der Waals surface area contributed by atoms with Gasteiger partial charge in [-0.25, -0.2) is 0 Å². The number of aliphatic hydroxyl groups is 1. The summed E-state index contributed by atoms with van der Waals surface area (Å²) in [6.45, 7) is 3.35. The van der Waals surface area contributed by atoms with Gasteiger partial charge in [0.1, 0.15) is 6.04 Å². The SMILES string of the molecule is C=C1CC=C(C(=O)C2C(O)CNC2C(=O)O)C(=O)C1=O. The highest BCUT2D eigenvalue weighted by Gasteiger charge is 2.46. The predicted octanol–water partition coefficient (Wildman–Crippen LogP) is -1.39. The van der Waals surface area contributed by atoms with Crippen molar-refractivity contribution in [3.05, 3.63) is 23.8 Å². The lowest BCUT2D eigenvalue weighted by atomic mass is 9.83. The third-order valence-corrected chi connectivity index (χ3v) is 3.48. The number of rotatable bonds is 3. The van der Waals surface area contributed by atoms with Crippen LogP contribution in [-0.4, -0.2) is 52.2 Å². The van der Waals surface area contributed by atoms with E-state index in [-0.39, 0.29) is 24.1 Å². The molecule has 2 aliphatic rings. The number of β-amino-alcohol motifs (C(OH)–C–C–N with tert-alkyl or cyclic N) is 1. The van der Waals surface area contributed by atoms with Gasteiger partial charge in [0, 0.05) is 12.1 Å². The number of allylic oxidation sites excluding steroid dienone is 3. The lowest BCUT2D eigenvalue weighted by molar-refractivity contribution is -0.143. The van der Waals surface area contributed by atoms with Crippen LogP contribution >= 0.6 is 0 Å². The fourth-order valence-corrected chi connectivity index (χ4v) is 2.38. The molecule has 1 fully saturated rings. The quantitative estimate of drug-likeness (QED) is 0.330. The number of carboxylic acids is 1. The van der Waals surface area contributed by atoms with E-state index in [9.17, 15) is 24.3 Å². The van der Waals surface area contributed by atoms with Crippen molar-refractivity contribution < 1.29 is 29.4 Å². The van der Waals surface area contributed by atoms with Crippen molar-refractivity contribution in [3.8, 4) is 0 Å². The van der Waals surface area contributed by atoms with Crippen LogP contribution in [-0.2, 0) is 19.2 Å². The number of hydrogen-bond donors (Lipinski definition) is 3. The number of hydrogen-bond acceptors (Lipinski definition) is 6. The zero-order chi connectivity index (χ0) is 15.0. The van der Waals surface area contributed by atoms with Crippen LogP contribution in [0.1, 0.15) is 6.42 Å². The van der Waals surface area contributed by atoms with E-state index >= 15 is 0 Å². The molecule has 7 nitrogen and oxygen atoms in total. The minimum atomic E-state index is -1.29. The second-order valence-electron chi connectivity index (χ2n) is 4.77. The Morgan fingerprint density at radius 3 is 2.55 bits per heavy atom. The first kappa shape index (κ1) is 14.3. The zero-order valence-electron chi connectivity index (χ0n) is 10.5. The average Bonchev–Trinajstić information content (AvgIpc) is 2.77. The smallest absolute Gasteiger partial charge is 0.321 e. The van der Waals surface area contributed by atoms with Gasteiger partial charge in [0.05, 0.1) is 17.6 Å². The van der Waals surface area contributed by atoms with Gasteiger partial charge in [-0.2, -0.15) is 0 Å². The molecule has 106 valence electrons. The standard InChI is InChI=1S/C13H13NO6/c1-5-2-3-6(12(18)10(5)16)11(17)8-7(15)4-14-9(8)13(19)20/h3,7-9,14-15H,1-2,4H2,(H,19,20). The van der Waals surface area contributed by atoms with E-state index in [4.69, 9.17) is 5.11 Å². The Morgan fingerprint density at radius 1 is 1.30 bits per heavy atom. The number of nitrogens with one attached hydrogen (secondary N) is 1. The normalized spacial score (nSPS) is 30.4. The third kappa shape index (κ3) is 2.21. The largest absolute Gasteiger partial charge is 0.480 e. The molecule has 1 heterocycles. The molecule has 0 aromatic carbocycles. The molecule has 0 bridgehead atoms. The third-order valence-electron chi connectivity index (χ3n) is 3.48. The van der Waals surface area contributed by atoms with E-state index in [2.05, 4.69) is 11.9 Å². The zero-order valence-corrected chi connectivity index (χ0v) is 10.5. The van der Waals surface area contributed by atoms with E-state index in [0.717, 1.165) is 0 Å². The van der Waals surface area contributed by atoms with E-state index in [0.29, 0.717) is 0 Å². The summed E-state index contributed by atoms with van der Waals surface area (Å²) in [5, 5.41) is 21.2. The molecule has 3 N–H and O–H groups in total. The predicted molar refractivity (Wildman–Crippen MR) is 65.8 cm³/mol. The molecular weight excluding hydrogens is 266 g/mol. The summed E-state index contributed by atoms with van der Waals surface area (Å²) in [6.07, 6.45) is 0.121. The van der Waals surface area contributed by atoms with Crippen LogP contribution in [0.25, 0.3) is 0 Å². The summed E-state index contributed by atoms with van der Waals surface area (Å²) in [5.41, 5.74) is -0.271. The van der Waals surface area contributed by atoms with Gasteiger partial charge in [-0.15, -0.1) is 0 Å². The summed E-state index contributed by atoms with van der Waals surface area (Å²) >= 11 is 0. The van der Waals surface area contributed by atoms with Gasteiger partial charge in [0.25, 0.3) is 0 Å². The van der Waals surface area contributed by atoms with Crippen LogP contribution < -0.4 is 5.32 Å². The van der Waals surface area contributed by atoms with Gasteiger partial charge in [-0.1, -0.05) is 12.7 Å². The number of Topliss-reactive ketones (excluding diaryl/α,β-unsaturated/α-hetero) is 3. The second-order valence-corrected chi connectivity index (χ2v) is 4.77. The average molecular weight is 279 g/mol. The topological polar surface area (TPSA) is 121 Å². The van der Waals surface area contributed by atoms with E-state index in [1.807, 2.05) is 0 Å². The Morgan fingerprint density at radius 2 is 1.95 bits per heavy atom. The van der Waals surface area contributed by atoms with E-state index in [1.54, 1.807) is 0 Å². The van der Waals surface area contributed by atoms with Crippen LogP contribution in [0.3, 0.4) is 0 Å². The van der Waals surface area contributed by atoms with Gasteiger partial charge >= 0.3 is 5.97 Å². The van der Waals surface area contributed by atoms with Crippen LogP contribution in [0.4, 0.5) is 0 Å². The molecule has 3 unspecified atom stereocenters. The highest BCUT2D eigenvalue weighted by Crippen LogP contribution is 2.25. The van der Waals surface area contributed by atoms with Crippen molar-refractivity contribution in [3.63, 3.8) is 0 Å². The first-order valence-electron chi connectivity index (χ1n) is 6.00. The molecule has 0 amide bonds. The second kappa shape index (κ2) is 5.10. The van der Waals surface area contributed by atoms with Crippen LogP contribution in [0.2, 0.25) is 0 Å². The Hall–Kier alpha value is -2.12. The molecule has 7 heteroatoms. The van der Waals surface area contributed by atoms with E-state index < -0.39 is 41.4 Å². The molecule has 0 radical (unpaired) electrons. The maximum absolute atomic E-state index is 12.3. The molecule has 1 aliphatic carbocycles. The fourth-order valence-electron chi connectivity index (χ4n) is 2.38. The molecule has 0 aromatic rings. The van der Waals surface area contributed by atoms with Crippen molar-refractivity contribution in [2.75, 3.05) is 6.54 Å². The van der Waals surface area contributed by atoms with Gasteiger partial charge in [-0.3, -0.25) is 19.2 Å². The minimum Gasteiger partial charge on any atom is -0.480 e. The Kier molecular flexibility index (Phi) is 3.65. The van der Waals surface area contributed by atoms with Crippen LogP contribution in [0.5, 0.6) is 0 Å². The van der Waals surface area contributed by atoms with Gasteiger partial charge < -0.3 is 15.5 Å². The first-order chi connectivity index (χ1) is 9.34. The molecular formula is C13H13NO6. The summed E-state index contributed by atoms with van der Waals surface area (Å²) in [7, 11) is 0. The Balaban J connectivity index is 2.31. The number of ketones is 3. The summed E-state index contributed by atoms with van der Waals surface area (Å²) < 4.78 is 0. The van der Waals surface area contributed by atoms with Crippen LogP contribution in [0, 0.1) is 5.92 Å². The van der Waals surface area contributed by atoms with E-state index in [1.165, 1.54) is 6.08 Å². The highest BCUT2D eigenvalue weighted by atomic mass is 16.4. The Labute approximate surface area is 114 Å². The molecule has 0 spiro atoms. The number of carboxylic acid groups (broad SMARTS) is 1. The summed E-state index contributed by atoms with van der Waals surface area (Å²) in [4.78, 5) is 46.6.